The maximum Gasteiger partial charge on any atom is 0.244 e. The van der Waals surface area contributed by atoms with Crippen LogP contribution in [0.2, 0.25) is 5.02 Å². The predicted octanol–water partition coefficient (Wildman–Crippen LogP) is 3.81. The molecule has 0 saturated heterocycles. The first-order valence-electron chi connectivity index (χ1n) is 7.01. The maximum absolute atomic E-state index is 11.9. The highest BCUT2D eigenvalue weighted by Gasteiger charge is 2.10. The highest BCUT2D eigenvalue weighted by molar-refractivity contribution is 9.10. The lowest BCUT2D eigenvalue weighted by Crippen LogP contribution is -2.19. The molecule has 0 bridgehead atoms. The second-order valence-corrected chi connectivity index (χ2v) is 6.16. The SMILES string of the molecule is COc1cc(/C=N/NC(=O)Cc2ccc(Br)cc2)cc(Cl)c1OC. The number of methoxy groups -OCH3 is 2. The van der Waals surface area contributed by atoms with Gasteiger partial charge < -0.3 is 9.47 Å². The number of nitrogens with one attached hydrogen (secondary N) is 1. The van der Waals surface area contributed by atoms with Crippen LogP contribution in [0, 0.1) is 0 Å². The van der Waals surface area contributed by atoms with Crippen molar-refractivity contribution in [1.82, 2.24) is 5.43 Å². The van der Waals surface area contributed by atoms with E-state index < -0.39 is 0 Å². The Balaban J connectivity index is 1.99. The monoisotopic (exact) mass is 410 g/mol. The van der Waals surface area contributed by atoms with Crippen LogP contribution in [-0.4, -0.2) is 26.3 Å². The second kappa shape index (κ2) is 8.70. The van der Waals surface area contributed by atoms with Crippen molar-refractivity contribution in [1.29, 1.82) is 0 Å². The highest BCUT2D eigenvalue weighted by atomic mass is 79.9. The summed E-state index contributed by atoms with van der Waals surface area (Å²) in [5, 5.41) is 4.34. The van der Waals surface area contributed by atoms with Crippen LogP contribution >= 0.6 is 27.5 Å². The van der Waals surface area contributed by atoms with Crippen LogP contribution in [0.15, 0.2) is 46.0 Å². The molecule has 7 heteroatoms. The molecule has 0 radical (unpaired) electrons. The summed E-state index contributed by atoms with van der Waals surface area (Å²) in [7, 11) is 3.04. The van der Waals surface area contributed by atoms with Crippen LogP contribution in [0.25, 0.3) is 0 Å². The van der Waals surface area contributed by atoms with Gasteiger partial charge in [-0.25, -0.2) is 5.43 Å². The molecule has 1 N–H and O–H groups in total. The molecule has 126 valence electrons. The Labute approximate surface area is 153 Å². The largest absolute Gasteiger partial charge is 0.493 e. The van der Waals surface area contributed by atoms with E-state index in [2.05, 4.69) is 26.5 Å². The lowest BCUT2D eigenvalue weighted by atomic mass is 10.1. The van der Waals surface area contributed by atoms with Crippen molar-refractivity contribution in [3.05, 3.63) is 57.0 Å². The molecule has 0 fully saturated rings. The molecule has 0 unspecified atom stereocenters. The fraction of sp³-hybridized carbons (Fsp3) is 0.176. The molecule has 24 heavy (non-hydrogen) atoms. The van der Waals surface area contributed by atoms with E-state index in [1.54, 1.807) is 12.1 Å². The molecule has 5 nitrogen and oxygen atoms in total. The molecule has 0 aliphatic heterocycles. The van der Waals surface area contributed by atoms with Gasteiger partial charge in [-0.05, 0) is 35.4 Å². The first-order valence-corrected chi connectivity index (χ1v) is 8.18. The van der Waals surface area contributed by atoms with E-state index in [4.69, 9.17) is 21.1 Å². The van der Waals surface area contributed by atoms with Crippen molar-refractivity contribution in [2.75, 3.05) is 14.2 Å². The minimum absolute atomic E-state index is 0.208. The number of amides is 1. The molecular weight excluding hydrogens is 396 g/mol. The summed E-state index contributed by atoms with van der Waals surface area (Å²) in [6, 6.07) is 10.9. The summed E-state index contributed by atoms with van der Waals surface area (Å²) < 4.78 is 11.3. The number of carbonyl (C=O) groups is 1. The number of hydrogen-bond donors (Lipinski definition) is 1. The molecule has 0 aromatic heterocycles. The first-order chi connectivity index (χ1) is 11.5. The Kier molecular flexibility index (Phi) is 6.63. The van der Waals surface area contributed by atoms with E-state index in [9.17, 15) is 4.79 Å². The summed E-state index contributed by atoms with van der Waals surface area (Å²) in [4.78, 5) is 11.9. The Hall–Kier alpha value is -2.05. The molecule has 2 aromatic rings. The zero-order valence-electron chi connectivity index (χ0n) is 13.2. The molecule has 1 amide bonds. The molecule has 2 aromatic carbocycles. The molecule has 0 spiro atoms. The van der Waals surface area contributed by atoms with Crippen LogP contribution in [0.5, 0.6) is 11.5 Å². The van der Waals surface area contributed by atoms with Crippen molar-refractivity contribution in [2.24, 2.45) is 5.10 Å². The van der Waals surface area contributed by atoms with Crippen LogP contribution in [0.1, 0.15) is 11.1 Å². The van der Waals surface area contributed by atoms with Gasteiger partial charge >= 0.3 is 0 Å². The van der Waals surface area contributed by atoms with Gasteiger partial charge in [-0.15, -0.1) is 0 Å². The Morgan fingerprint density at radius 1 is 1.25 bits per heavy atom. The number of benzene rings is 2. The Bertz CT molecular complexity index is 748. The van der Waals surface area contributed by atoms with Crippen molar-refractivity contribution < 1.29 is 14.3 Å². The number of ether oxygens (including phenoxy) is 2. The molecular formula is C17H16BrClN2O3. The smallest absolute Gasteiger partial charge is 0.244 e. The quantitative estimate of drug-likeness (QED) is 0.581. The minimum atomic E-state index is -0.208. The van der Waals surface area contributed by atoms with Crippen LogP contribution in [0.3, 0.4) is 0 Å². The topological polar surface area (TPSA) is 59.9 Å². The average molecular weight is 412 g/mol. The zero-order chi connectivity index (χ0) is 17.5. The molecule has 0 heterocycles. The minimum Gasteiger partial charge on any atom is -0.493 e. The predicted molar refractivity (Wildman–Crippen MR) is 98.1 cm³/mol. The lowest BCUT2D eigenvalue weighted by Gasteiger charge is -2.09. The maximum atomic E-state index is 11.9. The van der Waals surface area contributed by atoms with Gasteiger partial charge in [0.25, 0.3) is 0 Å². The molecule has 0 saturated carbocycles. The van der Waals surface area contributed by atoms with Gasteiger partial charge in [0.05, 0.1) is 31.9 Å². The summed E-state index contributed by atoms with van der Waals surface area (Å²) in [6.07, 6.45) is 1.74. The van der Waals surface area contributed by atoms with Crippen molar-refractivity contribution in [2.45, 2.75) is 6.42 Å². The number of nitrogens with zero attached hydrogens (tertiary/aromatic N) is 1. The fourth-order valence-electron chi connectivity index (χ4n) is 2.02. The summed E-state index contributed by atoms with van der Waals surface area (Å²) in [5.41, 5.74) is 4.07. The second-order valence-electron chi connectivity index (χ2n) is 4.83. The lowest BCUT2D eigenvalue weighted by molar-refractivity contribution is -0.120. The number of hydrogen-bond acceptors (Lipinski definition) is 4. The average Bonchev–Trinajstić information content (AvgIpc) is 2.56. The molecule has 2 rings (SSSR count). The molecule has 0 atom stereocenters. The Morgan fingerprint density at radius 3 is 2.58 bits per heavy atom. The van der Waals surface area contributed by atoms with Crippen LogP contribution < -0.4 is 14.9 Å². The number of halogens is 2. The summed E-state index contributed by atoms with van der Waals surface area (Å²) in [5.74, 6) is 0.739. The first kappa shape index (κ1) is 18.3. The summed E-state index contributed by atoms with van der Waals surface area (Å²) in [6.45, 7) is 0. The summed E-state index contributed by atoms with van der Waals surface area (Å²) >= 11 is 9.47. The van der Waals surface area contributed by atoms with Gasteiger partial charge in [0.1, 0.15) is 0 Å². The highest BCUT2D eigenvalue weighted by Crippen LogP contribution is 2.35. The van der Waals surface area contributed by atoms with E-state index in [1.807, 2.05) is 24.3 Å². The normalized spacial score (nSPS) is 10.7. The van der Waals surface area contributed by atoms with E-state index in [0.717, 1.165) is 10.0 Å². The van der Waals surface area contributed by atoms with Gasteiger partial charge in [0.15, 0.2) is 11.5 Å². The van der Waals surface area contributed by atoms with Gasteiger partial charge in [-0.3, -0.25) is 4.79 Å². The molecule has 0 aliphatic rings. The third kappa shape index (κ3) is 4.97. The standard InChI is InChI=1S/C17H16BrClN2O3/c1-23-15-8-12(7-14(19)17(15)24-2)10-20-21-16(22)9-11-3-5-13(18)6-4-11/h3-8,10H,9H2,1-2H3,(H,21,22)/b20-10+. The molecule has 0 aliphatic carbocycles. The van der Waals surface area contributed by atoms with E-state index >= 15 is 0 Å². The van der Waals surface area contributed by atoms with Gasteiger partial charge in [0.2, 0.25) is 5.91 Å². The third-order valence-corrected chi connectivity index (χ3v) is 3.95. The van der Waals surface area contributed by atoms with Gasteiger partial charge in [-0.1, -0.05) is 39.7 Å². The van der Waals surface area contributed by atoms with Crippen molar-refractivity contribution in [3.63, 3.8) is 0 Å². The zero-order valence-corrected chi connectivity index (χ0v) is 15.5. The van der Waals surface area contributed by atoms with Crippen LogP contribution in [0.4, 0.5) is 0 Å². The van der Waals surface area contributed by atoms with E-state index in [-0.39, 0.29) is 12.3 Å². The third-order valence-electron chi connectivity index (χ3n) is 3.14. The van der Waals surface area contributed by atoms with Crippen molar-refractivity contribution in [3.8, 4) is 11.5 Å². The van der Waals surface area contributed by atoms with Crippen LogP contribution in [-0.2, 0) is 11.2 Å². The van der Waals surface area contributed by atoms with Gasteiger partial charge in [-0.2, -0.15) is 5.10 Å². The number of carbonyl (C=O) groups excluding carboxylic acids is 1. The van der Waals surface area contributed by atoms with E-state index in [1.165, 1.54) is 20.4 Å². The number of rotatable bonds is 6. The van der Waals surface area contributed by atoms with E-state index in [0.29, 0.717) is 22.1 Å². The Morgan fingerprint density at radius 2 is 1.96 bits per heavy atom. The van der Waals surface area contributed by atoms with Crippen molar-refractivity contribution >= 4 is 39.7 Å². The fourth-order valence-corrected chi connectivity index (χ4v) is 2.58. The van der Waals surface area contributed by atoms with Gasteiger partial charge in [0, 0.05) is 4.47 Å². The number of hydrazone groups is 1.